The molecule has 1 aromatic heterocycles. The van der Waals surface area contributed by atoms with Crippen molar-refractivity contribution in [3.63, 3.8) is 0 Å². The maximum Gasteiger partial charge on any atom is 0.129 e. The lowest BCUT2D eigenvalue weighted by atomic mass is 10.3. The first kappa shape index (κ1) is 10.9. The molecule has 0 radical (unpaired) electrons. The van der Waals surface area contributed by atoms with Gasteiger partial charge in [-0.15, -0.1) is 0 Å². The molecule has 0 aliphatic carbocycles. The van der Waals surface area contributed by atoms with E-state index in [-0.39, 0.29) is 0 Å². The molecule has 0 bridgehead atoms. The Balaban J connectivity index is 2.60. The Morgan fingerprint density at radius 3 is 2.86 bits per heavy atom. The molecule has 0 aliphatic heterocycles. The molecule has 0 fully saturated rings. The molecule has 0 saturated heterocycles. The van der Waals surface area contributed by atoms with E-state index in [1.165, 1.54) is 0 Å². The summed E-state index contributed by atoms with van der Waals surface area (Å²) in [4.78, 5) is 6.01. The topological polar surface area (TPSA) is 28.2 Å². The van der Waals surface area contributed by atoms with Crippen LogP contribution in [0.3, 0.4) is 0 Å². The summed E-state index contributed by atoms with van der Waals surface area (Å²) in [5.74, 6) is 0.875. The Labute approximate surface area is 89.4 Å². The van der Waals surface area contributed by atoms with Gasteiger partial charge < -0.3 is 10.2 Å². The van der Waals surface area contributed by atoms with Crippen molar-refractivity contribution in [2.24, 2.45) is 0 Å². The van der Waals surface area contributed by atoms with Crippen LogP contribution in [-0.4, -0.2) is 24.0 Å². The molecule has 14 heavy (non-hydrogen) atoms. The third-order valence-electron chi connectivity index (χ3n) is 1.96. The Hall–Kier alpha value is -1.22. The maximum atomic E-state index is 5.68. The zero-order valence-electron chi connectivity index (χ0n) is 8.42. The molecule has 76 valence electrons. The van der Waals surface area contributed by atoms with E-state index in [1.807, 2.05) is 25.1 Å². The van der Waals surface area contributed by atoms with Crippen molar-refractivity contribution in [2.45, 2.75) is 6.54 Å². The van der Waals surface area contributed by atoms with Gasteiger partial charge in [-0.3, -0.25) is 0 Å². The van der Waals surface area contributed by atoms with Gasteiger partial charge in [0, 0.05) is 26.8 Å². The number of pyridine rings is 1. The van der Waals surface area contributed by atoms with E-state index in [0.717, 1.165) is 17.9 Å². The number of nitrogens with zero attached hydrogens (tertiary/aromatic N) is 2. The molecular weight excluding hydrogens is 198 g/mol. The minimum Gasteiger partial charge on any atom is -0.375 e. The predicted molar refractivity (Wildman–Crippen MR) is 58.9 cm³/mol. The second-order valence-electron chi connectivity index (χ2n) is 3.04. The average molecular weight is 212 g/mol. The largest absolute Gasteiger partial charge is 0.375 e. The highest BCUT2D eigenvalue weighted by Gasteiger charge is 2.01. The van der Waals surface area contributed by atoms with Crippen LogP contribution >= 0.6 is 11.6 Å². The molecule has 1 heterocycles. The van der Waals surface area contributed by atoms with E-state index >= 15 is 0 Å². The number of rotatable bonds is 4. The molecule has 3 nitrogen and oxygen atoms in total. The third kappa shape index (κ3) is 2.92. The summed E-state index contributed by atoms with van der Waals surface area (Å²) in [7, 11) is 3.81. The van der Waals surface area contributed by atoms with Gasteiger partial charge in [0.1, 0.15) is 5.15 Å². The summed E-state index contributed by atoms with van der Waals surface area (Å²) >= 11 is 5.68. The average Bonchev–Trinajstić information content (AvgIpc) is 2.20. The van der Waals surface area contributed by atoms with Crippen molar-refractivity contribution in [3.05, 3.63) is 41.4 Å². The first-order valence-corrected chi connectivity index (χ1v) is 4.69. The molecule has 1 aromatic rings. The second-order valence-corrected chi connectivity index (χ2v) is 3.43. The van der Waals surface area contributed by atoms with Gasteiger partial charge in [-0.25, -0.2) is 4.98 Å². The van der Waals surface area contributed by atoms with Gasteiger partial charge in [-0.2, -0.15) is 0 Å². The summed E-state index contributed by atoms with van der Waals surface area (Å²) in [5, 5.41) is 3.50. The SMILES string of the molecule is C=C(NC)N(C)Cc1ccc(Cl)nc1. The molecule has 0 spiro atoms. The van der Waals surface area contributed by atoms with Crippen LogP contribution in [0.15, 0.2) is 30.7 Å². The summed E-state index contributed by atoms with van der Waals surface area (Å²) in [5.41, 5.74) is 1.10. The fourth-order valence-corrected chi connectivity index (χ4v) is 1.17. The zero-order valence-corrected chi connectivity index (χ0v) is 9.17. The van der Waals surface area contributed by atoms with E-state index in [4.69, 9.17) is 11.6 Å². The van der Waals surface area contributed by atoms with Gasteiger partial charge >= 0.3 is 0 Å². The molecule has 1 rings (SSSR count). The van der Waals surface area contributed by atoms with Crippen molar-refractivity contribution in [1.29, 1.82) is 0 Å². The van der Waals surface area contributed by atoms with Crippen LogP contribution in [0.1, 0.15) is 5.56 Å². The number of halogens is 1. The lowest BCUT2D eigenvalue weighted by Crippen LogP contribution is -2.24. The van der Waals surface area contributed by atoms with Crippen molar-refractivity contribution in [2.75, 3.05) is 14.1 Å². The first-order chi connectivity index (χ1) is 6.63. The van der Waals surface area contributed by atoms with Crippen LogP contribution in [0.2, 0.25) is 5.15 Å². The van der Waals surface area contributed by atoms with Gasteiger partial charge in [0.25, 0.3) is 0 Å². The van der Waals surface area contributed by atoms with E-state index in [1.54, 1.807) is 12.3 Å². The molecule has 0 atom stereocenters. The van der Waals surface area contributed by atoms with Gasteiger partial charge in [0.15, 0.2) is 0 Å². The van der Waals surface area contributed by atoms with Crippen LogP contribution in [0.4, 0.5) is 0 Å². The minimum absolute atomic E-state index is 0.517. The fraction of sp³-hybridized carbons (Fsp3) is 0.300. The fourth-order valence-electron chi connectivity index (χ4n) is 1.06. The quantitative estimate of drug-likeness (QED) is 0.771. The summed E-state index contributed by atoms with van der Waals surface area (Å²) in [6, 6.07) is 3.74. The lowest BCUT2D eigenvalue weighted by molar-refractivity contribution is 0.388. The van der Waals surface area contributed by atoms with E-state index in [0.29, 0.717) is 5.15 Å². The highest BCUT2D eigenvalue weighted by molar-refractivity contribution is 6.29. The molecule has 0 amide bonds. The predicted octanol–water partition coefficient (Wildman–Crippen LogP) is 1.86. The summed E-state index contributed by atoms with van der Waals surface area (Å²) in [6.07, 6.45) is 1.77. The minimum atomic E-state index is 0.517. The van der Waals surface area contributed by atoms with Crippen LogP contribution < -0.4 is 5.32 Å². The van der Waals surface area contributed by atoms with Crippen molar-refractivity contribution >= 4 is 11.6 Å². The summed E-state index contributed by atoms with van der Waals surface area (Å²) < 4.78 is 0. The van der Waals surface area contributed by atoms with Crippen LogP contribution in [0, 0.1) is 0 Å². The smallest absolute Gasteiger partial charge is 0.129 e. The van der Waals surface area contributed by atoms with Crippen molar-refractivity contribution in [3.8, 4) is 0 Å². The lowest BCUT2D eigenvalue weighted by Gasteiger charge is -2.20. The maximum absolute atomic E-state index is 5.68. The van der Waals surface area contributed by atoms with Crippen LogP contribution in [0.5, 0.6) is 0 Å². The van der Waals surface area contributed by atoms with Crippen LogP contribution in [-0.2, 0) is 6.54 Å². The zero-order chi connectivity index (χ0) is 10.6. The third-order valence-corrected chi connectivity index (χ3v) is 2.18. The van der Waals surface area contributed by atoms with Gasteiger partial charge in [-0.1, -0.05) is 24.2 Å². The molecule has 0 aromatic carbocycles. The van der Waals surface area contributed by atoms with Gasteiger partial charge in [0.05, 0.1) is 5.82 Å². The Bertz CT molecular complexity index is 308. The molecular formula is C10H14ClN3. The molecule has 1 N–H and O–H groups in total. The molecule has 4 heteroatoms. The first-order valence-electron chi connectivity index (χ1n) is 4.31. The number of hydrogen-bond acceptors (Lipinski definition) is 3. The standard InChI is InChI=1S/C10H14ClN3/c1-8(12-2)14(3)7-9-4-5-10(11)13-6-9/h4-6,12H,1,7H2,2-3H3. The highest BCUT2D eigenvalue weighted by atomic mass is 35.5. The van der Waals surface area contributed by atoms with E-state index in [2.05, 4.69) is 16.9 Å². The Morgan fingerprint density at radius 1 is 1.64 bits per heavy atom. The highest BCUT2D eigenvalue weighted by Crippen LogP contribution is 2.08. The van der Waals surface area contributed by atoms with Crippen molar-refractivity contribution < 1.29 is 0 Å². The van der Waals surface area contributed by atoms with E-state index in [9.17, 15) is 0 Å². The number of nitrogens with one attached hydrogen (secondary N) is 1. The van der Waals surface area contributed by atoms with Gasteiger partial charge in [-0.05, 0) is 11.6 Å². The van der Waals surface area contributed by atoms with Gasteiger partial charge in [0.2, 0.25) is 0 Å². The van der Waals surface area contributed by atoms with Crippen molar-refractivity contribution in [1.82, 2.24) is 15.2 Å². The molecule has 0 saturated carbocycles. The monoisotopic (exact) mass is 211 g/mol. The Morgan fingerprint density at radius 2 is 2.36 bits per heavy atom. The molecule has 0 aliphatic rings. The second kappa shape index (κ2) is 4.86. The normalized spacial score (nSPS) is 9.64. The number of hydrogen-bond donors (Lipinski definition) is 1. The number of aromatic nitrogens is 1. The summed E-state index contributed by atoms with van der Waals surface area (Å²) in [6.45, 7) is 4.62. The Kier molecular flexibility index (Phi) is 3.77. The van der Waals surface area contributed by atoms with E-state index < -0.39 is 0 Å². The molecule has 0 unspecified atom stereocenters. The van der Waals surface area contributed by atoms with Crippen LogP contribution in [0.25, 0.3) is 0 Å².